The van der Waals surface area contributed by atoms with Crippen LogP contribution in [0.4, 0.5) is 4.79 Å². The number of ether oxygens (including phenoxy) is 1. The molecule has 37 heavy (non-hydrogen) atoms. The van der Waals surface area contributed by atoms with Crippen molar-refractivity contribution in [2.45, 2.75) is 125 Å². The second kappa shape index (κ2) is 13.8. The maximum Gasteiger partial charge on any atom is 0.408 e. The third-order valence-electron chi connectivity index (χ3n) is 6.63. The quantitative estimate of drug-likeness (QED) is 0.322. The fraction of sp³-hybridized carbons (Fsp3) is 0.700. The van der Waals surface area contributed by atoms with Gasteiger partial charge in [0.1, 0.15) is 17.7 Å². The molecule has 210 valence electrons. The number of benzene rings is 1. The van der Waals surface area contributed by atoms with Crippen LogP contribution in [0.25, 0.3) is 0 Å². The van der Waals surface area contributed by atoms with E-state index in [0.717, 1.165) is 29.5 Å². The highest BCUT2D eigenvalue weighted by Gasteiger charge is 2.43. The van der Waals surface area contributed by atoms with E-state index in [0.29, 0.717) is 19.4 Å². The van der Waals surface area contributed by atoms with Crippen LogP contribution in [0.2, 0.25) is 0 Å². The number of hydrogen-bond acceptors (Lipinski definition) is 4. The van der Waals surface area contributed by atoms with Crippen LogP contribution < -0.4 is 10.6 Å². The number of nitrogens with zero attached hydrogens (tertiary/aromatic N) is 1. The Bertz CT molecular complexity index is 918. The van der Waals surface area contributed by atoms with Gasteiger partial charge in [-0.15, -0.1) is 0 Å². The summed E-state index contributed by atoms with van der Waals surface area (Å²) in [4.78, 5) is 42.6. The van der Waals surface area contributed by atoms with Crippen LogP contribution in [0.3, 0.4) is 0 Å². The Morgan fingerprint density at radius 3 is 2.11 bits per heavy atom. The molecule has 3 amide bonds. The van der Waals surface area contributed by atoms with Gasteiger partial charge in [-0.1, -0.05) is 52.3 Å². The Labute approximate surface area is 225 Å². The highest BCUT2D eigenvalue weighted by Crippen LogP contribution is 2.33. The number of rotatable bonds is 12. The van der Waals surface area contributed by atoms with Crippen molar-refractivity contribution in [3.63, 3.8) is 0 Å². The van der Waals surface area contributed by atoms with Crippen molar-refractivity contribution in [1.82, 2.24) is 15.5 Å². The summed E-state index contributed by atoms with van der Waals surface area (Å²) in [5, 5.41) is 5.87. The number of carbonyl (C=O) groups excluding carboxylic acids is 3. The van der Waals surface area contributed by atoms with Crippen LogP contribution in [-0.4, -0.2) is 46.5 Å². The molecule has 0 aromatic heterocycles. The topological polar surface area (TPSA) is 87.7 Å². The zero-order valence-corrected chi connectivity index (χ0v) is 25.1. The van der Waals surface area contributed by atoms with Gasteiger partial charge in [0.2, 0.25) is 11.8 Å². The van der Waals surface area contributed by atoms with Crippen molar-refractivity contribution < 1.29 is 19.1 Å². The Hall–Kier alpha value is -2.57. The van der Waals surface area contributed by atoms with E-state index >= 15 is 0 Å². The molecule has 7 nitrogen and oxygen atoms in total. The summed E-state index contributed by atoms with van der Waals surface area (Å²) < 4.78 is 5.48. The monoisotopic (exact) mass is 517 g/mol. The Morgan fingerprint density at radius 2 is 1.62 bits per heavy atom. The molecule has 0 heterocycles. The van der Waals surface area contributed by atoms with E-state index in [-0.39, 0.29) is 17.7 Å². The van der Waals surface area contributed by atoms with Gasteiger partial charge in [0.05, 0.1) is 0 Å². The van der Waals surface area contributed by atoms with E-state index < -0.39 is 29.3 Å². The van der Waals surface area contributed by atoms with E-state index in [1.165, 1.54) is 0 Å². The van der Waals surface area contributed by atoms with Crippen molar-refractivity contribution in [3.05, 3.63) is 34.9 Å². The summed E-state index contributed by atoms with van der Waals surface area (Å²) >= 11 is 0. The van der Waals surface area contributed by atoms with Crippen LogP contribution in [0, 0.1) is 19.8 Å². The van der Waals surface area contributed by atoms with Crippen molar-refractivity contribution in [2.75, 3.05) is 6.54 Å². The second-order valence-corrected chi connectivity index (χ2v) is 12.1. The predicted molar refractivity (Wildman–Crippen MR) is 150 cm³/mol. The molecule has 0 aliphatic carbocycles. The summed E-state index contributed by atoms with van der Waals surface area (Å²) in [6, 6.07) is 4.23. The van der Waals surface area contributed by atoms with Crippen LogP contribution >= 0.6 is 0 Å². The van der Waals surface area contributed by atoms with E-state index in [9.17, 15) is 14.4 Å². The van der Waals surface area contributed by atoms with E-state index in [2.05, 4.69) is 17.6 Å². The van der Waals surface area contributed by atoms with Gasteiger partial charge in [0.25, 0.3) is 0 Å². The SMILES string of the molecule is CCCCNC(=O)C(c1ccc(C)c(C)c1)N(C(=O)C(CC(C)C)NC(=O)OC(C)(C)C)C(C)(C)CC. The molecular formula is C30H51N3O4. The Morgan fingerprint density at radius 1 is 1.00 bits per heavy atom. The first kappa shape index (κ1) is 32.5. The molecule has 0 aliphatic rings. The van der Waals surface area contributed by atoms with Gasteiger partial charge in [-0.25, -0.2) is 4.79 Å². The summed E-state index contributed by atoms with van der Waals surface area (Å²) in [5.41, 5.74) is 1.57. The summed E-state index contributed by atoms with van der Waals surface area (Å²) in [6.45, 7) is 22.0. The number of carbonyl (C=O) groups is 3. The average Bonchev–Trinajstić information content (AvgIpc) is 2.76. The van der Waals surface area contributed by atoms with E-state index in [1.807, 2.05) is 66.7 Å². The normalized spacial score (nSPS) is 13.6. The van der Waals surface area contributed by atoms with Crippen LogP contribution in [-0.2, 0) is 14.3 Å². The molecule has 0 bridgehead atoms. The van der Waals surface area contributed by atoms with Crippen molar-refractivity contribution in [2.24, 2.45) is 5.92 Å². The lowest BCUT2D eigenvalue weighted by Gasteiger charge is -2.45. The molecule has 7 heteroatoms. The largest absolute Gasteiger partial charge is 0.444 e. The maximum atomic E-state index is 14.4. The molecular weight excluding hydrogens is 466 g/mol. The number of aryl methyl sites for hydroxylation is 2. The molecule has 0 spiro atoms. The number of alkyl carbamates (subject to hydrolysis) is 1. The third kappa shape index (κ3) is 10.0. The molecule has 1 rings (SSSR count). The fourth-order valence-electron chi connectivity index (χ4n) is 4.09. The Kier molecular flexibility index (Phi) is 12.1. The van der Waals surface area contributed by atoms with Gasteiger partial charge in [0, 0.05) is 12.1 Å². The van der Waals surface area contributed by atoms with E-state index in [4.69, 9.17) is 4.74 Å². The molecule has 0 aliphatic heterocycles. The van der Waals surface area contributed by atoms with Gasteiger partial charge in [0.15, 0.2) is 0 Å². The van der Waals surface area contributed by atoms with Crippen molar-refractivity contribution in [1.29, 1.82) is 0 Å². The minimum atomic E-state index is -0.839. The van der Waals surface area contributed by atoms with Crippen LogP contribution in [0.15, 0.2) is 18.2 Å². The van der Waals surface area contributed by atoms with Gasteiger partial charge in [-0.05, 0) is 90.3 Å². The van der Waals surface area contributed by atoms with Crippen LogP contribution in [0.5, 0.6) is 0 Å². The zero-order chi connectivity index (χ0) is 28.6. The lowest BCUT2D eigenvalue weighted by Crippen LogP contribution is -2.59. The third-order valence-corrected chi connectivity index (χ3v) is 6.63. The summed E-state index contributed by atoms with van der Waals surface area (Å²) in [6.07, 6.45) is 2.21. The van der Waals surface area contributed by atoms with Crippen molar-refractivity contribution in [3.8, 4) is 0 Å². The highest BCUT2D eigenvalue weighted by atomic mass is 16.6. The number of amides is 3. The Balaban J connectivity index is 3.64. The smallest absolute Gasteiger partial charge is 0.408 e. The molecule has 0 radical (unpaired) electrons. The first-order valence-corrected chi connectivity index (χ1v) is 13.7. The molecule has 1 aromatic carbocycles. The summed E-state index contributed by atoms with van der Waals surface area (Å²) in [5.74, 6) is -0.374. The number of unbranched alkanes of at least 4 members (excludes halogenated alkanes) is 1. The van der Waals surface area contributed by atoms with Gasteiger partial charge in [-0.3, -0.25) is 9.59 Å². The summed E-state index contributed by atoms with van der Waals surface area (Å²) in [7, 11) is 0. The minimum absolute atomic E-state index is 0.133. The lowest BCUT2D eigenvalue weighted by molar-refractivity contribution is -0.149. The molecule has 0 fully saturated rings. The average molecular weight is 518 g/mol. The first-order chi connectivity index (χ1) is 17.0. The molecule has 0 saturated heterocycles. The van der Waals surface area contributed by atoms with Crippen molar-refractivity contribution >= 4 is 17.9 Å². The number of hydrogen-bond donors (Lipinski definition) is 2. The van der Waals surface area contributed by atoms with Gasteiger partial charge < -0.3 is 20.3 Å². The predicted octanol–water partition coefficient (Wildman–Crippen LogP) is 6.22. The van der Waals surface area contributed by atoms with E-state index in [1.54, 1.807) is 25.7 Å². The molecule has 0 saturated carbocycles. The number of nitrogens with one attached hydrogen (secondary N) is 2. The maximum absolute atomic E-state index is 14.4. The minimum Gasteiger partial charge on any atom is -0.444 e. The highest BCUT2D eigenvalue weighted by molar-refractivity contribution is 5.92. The fourth-order valence-corrected chi connectivity index (χ4v) is 4.09. The zero-order valence-electron chi connectivity index (χ0n) is 25.1. The second-order valence-electron chi connectivity index (χ2n) is 12.1. The lowest BCUT2D eigenvalue weighted by atomic mass is 9.90. The van der Waals surface area contributed by atoms with Gasteiger partial charge in [-0.2, -0.15) is 0 Å². The first-order valence-electron chi connectivity index (χ1n) is 13.7. The molecule has 2 N–H and O–H groups in total. The van der Waals surface area contributed by atoms with Crippen LogP contribution in [0.1, 0.15) is 111 Å². The molecule has 2 atom stereocenters. The molecule has 2 unspecified atom stereocenters. The molecule has 1 aromatic rings. The van der Waals surface area contributed by atoms with Gasteiger partial charge >= 0.3 is 6.09 Å². The standard InChI is InChI=1S/C30H51N3O4/c1-12-14-17-31-26(34)25(23-16-15-21(5)22(6)19-23)33(30(10,11)13-2)27(35)24(18-20(3)4)32-28(36)37-29(7,8)9/h15-16,19-20,24-25H,12-14,17-18H2,1-11H3,(H,31,34)(H,32,36).